The number of benzene rings is 2. The van der Waals surface area contributed by atoms with Gasteiger partial charge in [-0.05, 0) is 63.8 Å². The molecular weight excluding hydrogens is 466 g/mol. The number of thioether (sulfide) groups is 1. The summed E-state index contributed by atoms with van der Waals surface area (Å²) in [5.41, 5.74) is 1.00. The van der Waals surface area contributed by atoms with Crippen LogP contribution in [0, 0.1) is 6.92 Å². The molecule has 2 unspecified atom stereocenters. The van der Waals surface area contributed by atoms with Gasteiger partial charge in [0.2, 0.25) is 5.91 Å². The van der Waals surface area contributed by atoms with Crippen molar-refractivity contribution in [1.29, 1.82) is 0 Å². The Kier molecular flexibility index (Phi) is 10.0. The van der Waals surface area contributed by atoms with Crippen molar-refractivity contribution < 1.29 is 24.2 Å². The molecule has 0 spiro atoms. The Labute approximate surface area is 211 Å². The van der Waals surface area contributed by atoms with E-state index in [0.29, 0.717) is 17.9 Å². The summed E-state index contributed by atoms with van der Waals surface area (Å²) in [6.45, 7) is 7.08. The number of para-hydroxylation sites is 2. The summed E-state index contributed by atoms with van der Waals surface area (Å²) in [4.78, 5) is 40.8. The highest BCUT2D eigenvalue weighted by Crippen LogP contribution is 2.30. The van der Waals surface area contributed by atoms with E-state index in [1.807, 2.05) is 25.3 Å². The number of aryl methyl sites for hydroxylation is 1. The molecule has 2 aromatic carbocycles. The molecule has 3 N–H and O–H groups in total. The van der Waals surface area contributed by atoms with Crippen LogP contribution >= 0.6 is 11.8 Å². The van der Waals surface area contributed by atoms with Gasteiger partial charge >= 0.3 is 6.09 Å². The van der Waals surface area contributed by atoms with Crippen molar-refractivity contribution in [3.63, 3.8) is 0 Å². The molecule has 9 heteroatoms. The second kappa shape index (κ2) is 12.5. The zero-order valence-corrected chi connectivity index (χ0v) is 21.9. The highest BCUT2D eigenvalue weighted by atomic mass is 32.2. The fourth-order valence-electron chi connectivity index (χ4n) is 3.47. The number of carbonyl (C=O) groups excluding carboxylic acids is 3. The van der Waals surface area contributed by atoms with Crippen molar-refractivity contribution >= 4 is 35.4 Å². The van der Waals surface area contributed by atoms with Crippen molar-refractivity contribution in [2.75, 3.05) is 24.4 Å². The van der Waals surface area contributed by atoms with Gasteiger partial charge in [-0.2, -0.15) is 11.8 Å². The number of nitrogens with one attached hydrogen (secondary N) is 2. The molecule has 35 heavy (non-hydrogen) atoms. The number of aromatic hydroxyl groups is 1. The van der Waals surface area contributed by atoms with E-state index in [4.69, 9.17) is 4.74 Å². The van der Waals surface area contributed by atoms with Crippen LogP contribution in [0.4, 0.5) is 10.5 Å². The molecule has 2 atom stereocenters. The summed E-state index contributed by atoms with van der Waals surface area (Å²) in [6, 6.07) is 11.6. The highest BCUT2D eigenvalue weighted by Gasteiger charge is 2.35. The van der Waals surface area contributed by atoms with E-state index in [9.17, 15) is 19.5 Å². The summed E-state index contributed by atoms with van der Waals surface area (Å²) in [7, 11) is 1.49. The molecule has 0 bridgehead atoms. The van der Waals surface area contributed by atoms with Crippen LogP contribution in [-0.2, 0) is 14.3 Å². The zero-order valence-electron chi connectivity index (χ0n) is 21.1. The van der Waals surface area contributed by atoms with Crippen LogP contribution in [0.3, 0.4) is 0 Å². The predicted octanol–water partition coefficient (Wildman–Crippen LogP) is 4.49. The topological polar surface area (TPSA) is 108 Å². The van der Waals surface area contributed by atoms with Crippen molar-refractivity contribution in [3.05, 3.63) is 59.7 Å². The van der Waals surface area contributed by atoms with E-state index in [2.05, 4.69) is 10.6 Å². The average Bonchev–Trinajstić information content (AvgIpc) is 2.77. The molecule has 8 nitrogen and oxygen atoms in total. The number of phenolic OH excluding ortho intramolecular Hbond substituents is 1. The second-order valence-corrected chi connectivity index (χ2v) is 10.2. The van der Waals surface area contributed by atoms with Crippen LogP contribution in [0.1, 0.15) is 44.4 Å². The number of nitrogens with zero attached hydrogens (tertiary/aromatic N) is 1. The molecule has 2 rings (SSSR count). The molecule has 190 valence electrons. The Balaban J connectivity index is 2.38. The first-order valence-corrected chi connectivity index (χ1v) is 12.7. The van der Waals surface area contributed by atoms with Crippen LogP contribution in [0.2, 0.25) is 0 Å². The number of ether oxygens (including phenoxy) is 1. The van der Waals surface area contributed by atoms with Gasteiger partial charge in [0.25, 0.3) is 5.91 Å². The number of hydrogen-bond donors (Lipinski definition) is 3. The standard InChI is InChI=1S/C26H35N3O5S/c1-17-11-7-9-13-19(17)27-23(31)22(18-12-8-10-14-21(18)30)29(5)24(32)20(15-16-35-6)28-25(33)34-26(2,3)4/h7-14,20,22,30H,15-16H2,1-6H3,(H,27,31)(H,28,33). The van der Waals surface area contributed by atoms with Crippen molar-refractivity contribution in [1.82, 2.24) is 10.2 Å². The quantitative estimate of drug-likeness (QED) is 0.467. The Morgan fingerprint density at radius 2 is 1.71 bits per heavy atom. The maximum Gasteiger partial charge on any atom is 0.408 e. The maximum absolute atomic E-state index is 13.6. The van der Waals surface area contributed by atoms with Crippen LogP contribution < -0.4 is 10.6 Å². The number of alkyl carbamates (subject to hydrolysis) is 1. The van der Waals surface area contributed by atoms with E-state index in [0.717, 1.165) is 5.56 Å². The smallest absolute Gasteiger partial charge is 0.408 e. The number of phenols is 1. The van der Waals surface area contributed by atoms with Crippen LogP contribution in [0.15, 0.2) is 48.5 Å². The van der Waals surface area contributed by atoms with Crippen molar-refractivity contribution in [2.45, 2.75) is 51.8 Å². The Morgan fingerprint density at radius 3 is 2.31 bits per heavy atom. The van der Waals surface area contributed by atoms with Gasteiger partial charge in [-0.15, -0.1) is 0 Å². The molecule has 2 aromatic rings. The van der Waals surface area contributed by atoms with E-state index in [1.165, 1.54) is 29.8 Å². The number of anilines is 1. The SMILES string of the molecule is CSCCC(NC(=O)OC(C)(C)C)C(=O)N(C)C(C(=O)Nc1ccccc1C)c1ccccc1O. The second-order valence-electron chi connectivity index (χ2n) is 9.19. The molecule has 3 amide bonds. The van der Waals surface area contributed by atoms with E-state index in [1.54, 1.807) is 51.1 Å². The largest absolute Gasteiger partial charge is 0.508 e. The molecule has 0 aliphatic heterocycles. The van der Waals surface area contributed by atoms with Gasteiger partial charge < -0.3 is 25.4 Å². The third-order valence-corrected chi connectivity index (χ3v) is 5.86. The minimum absolute atomic E-state index is 0.113. The Bertz CT molecular complexity index is 1040. The van der Waals surface area contributed by atoms with Gasteiger partial charge in [0.1, 0.15) is 23.4 Å². The molecule has 0 saturated heterocycles. The minimum atomic E-state index is -1.14. The molecule has 0 aliphatic carbocycles. The molecule has 0 heterocycles. The monoisotopic (exact) mass is 501 g/mol. The van der Waals surface area contributed by atoms with Gasteiger partial charge in [-0.25, -0.2) is 4.79 Å². The number of hydrogen-bond acceptors (Lipinski definition) is 6. The maximum atomic E-state index is 13.6. The lowest BCUT2D eigenvalue weighted by Crippen LogP contribution is -2.51. The average molecular weight is 502 g/mol. The van der Waals surface area contributed by atoms with Crippen molar-refractivity contribution in [2.24, 2.45) is 0 Å². The Morgan fingerprint density at radius 1 is 1.09 bits per heavy atom. The van der Waals surface area contributed by atoms with Crippen LogP contribution in [-0.4, -0.2) is 58.6 Å². The minimum Gasteiger partial charge on any atom is -0.508 e. The number of amides is 3. The zero-order chi connectivity index (χ0) is 26.2. The molecule has 0 fully saturated rings. The molecule has 0 radical (unpaired) electrons. The highest BCUT2D eigenvalue weighted by molar-refractivity contribution is 7.98. The lowest BCUT2D eigenvalue weighted by atomic mass is 10.0. The van der Waals surface area contributed by atoms with Gasteiger partial charge in [-0.1, -0.05) is 36.4 Å². The Hall–Kier alpha value is -3.20. The number of rotatable bonds is 9. The first-order chi connectivity index (χ1) is 16.4. The fourth-order valence-corrected chi connectivity index (χ4v) is 3.95. The first kappa shape index (κ1) is 28.0. The summed E-state index contributed by atoms with van der Waals surface area (Å²) >= 11 is 1.53. The normalized spacial score (nSPS) is 12.9. The predicted molar refractivity (Wildman–Crippen MR) is 140 cm³/mol. The summed E-state index contributed by atoms with van der Waals surface area (Å²) in [5.74, 6) is -0.468. The molecular formula is C26H35N3O5S. The van der Waals surface area contributed by atoms with Crippen LogP contribution in [0.25, 0.3) is 0 Å². The summed E-state index contributed by atoms with van der Waals surface area (Å²) in [5, 5.41) is 16.0. The van der Waals surface area contributed by atoms with E-state index < -0.39 is 35.6 Å². The molecule has 0 saturated carbocycles. The van der Waals surface area contributed by atoms with E-state index >= 15 is 0 Å². The van der Waals surface area contributed by atoms with Gasteiger partial charge in [0, 0.05) is 18.3 Å². The molecule has 0 aromatic heterocycles. The van der Waals surface area contributed by atoms with E-state index in [-0.39, 0.29) is 11.3 Å². The first-order valence-electron chi connectivity index (χ1n) is 11.3. The summed E-state index contributed by atoms with van der Waals surface area (Å²) < 4.78 is 5.34. The number of likely N-dealkylation sites (N-methyl/N-ethyl adjacent to an activating group) is 1. The lowest BCUT2D eigenvalue weighted by molar-refractivity contribution is -0.139. The van der Waals surface area contributed by atoms with Gasteiger partial charge in [0.05, 0.1) is 0 Å². The summed E-state index contributed by atoms with van der Waals surface area (Å²) in [6.07, 6.45) is 1.53. The van der Waals surface area contributed by atoms with Crippen LogP contribution in [0.5, 0.6) is 5.75 Å². The van der Waals surface area contributed by atoms with Gasteiger partial charge in [-0.3, -0.25) is 9.59 Å². The third-order valence-electron chi connectivity index (χ3n) is 5.22. The molecule has 0 aliphatic rings. The van der Waals surface area contributed by atoms with Crippen molar-refractivity contribution in [3.8, 4) is 5.75 Å². The third kappa shape index (κ3) is 8.20. The lowest BCUT2D eigenvalue weighted by Gasteiger charge is -2.32. The number of carbonyl (C=O) groups is 3. The van der Waals surface area contributed by atoms with Gasteiger partial charge in [0.15, 0.2) is 0 Å². The fraction of sp³-hybridized carbons (Fsp3) is 0.423.